The van der Waals surface area contributed by atoms with Gasteiger partial charge in [0, 0.05) is 29.7 Å². The van der Waals surface area contributed by atoms with E-state index >= 15 is 0 Å². The van der Waals surface area contributed by atoms with Crippen LogP contribution in [0.1, 0.15) is 36.0 Å². The molecule has 1 saturated carbocycles. The van der Waals surface area contributed by atoms with Crippen molar-refractivity contribution in [1.29, 1.82) is 0 Å². The van der Waals surface area contributed by atoms with Gasteiger partial charge >= 0.3 is 0 Å². The van der Waals surface area contributed by atoms with E-state index in [9.17, 15) is 4.79 Å². The van der Waals surface area contributed by atoms with Gasteiger partial charge in [-0.05, 0) is 91.4 Å². The molecule has 0 unspecified atom stereocenters. The van der Waals surface area contributed by atoms with Gasteiger partial charge in [0.25, 0.3) is 5.91 Å². The molecule has 1 aliphatic heterocycles. The van der Waals surface area contributed by atoms with Gasteiger partial charge in [-0.3, -0.25) is 4.79 Å². The average molecular weight is 586 g/mol. The summed E-state index contributed by atoms with van der Waals surface area (Å²) in [4.78, 5) is 15.8. The largest absolute Gasteiger partial charge is 0.490 e. The topological polar surface area (TPSA) is 50.8 Å². The van der Waals surface area contributed by atoms with Crippen molar-refractivity contribution < 1.29 is 14.3 Å². The van der Waals surface area contributed by atoms with Crippen molar-refractivity contribution >= 4 is 46.3 Å². The molecular weight excluding hydrogens is 555 g/mol. The van der Waals surface area contributed by atoms with Crippen LogP contribution in [0.5, 0.6) is 11.5 Å². The van der Waals surface area contributed by atoms with Gasteiger partial charge in [0.1, 0.15) is 19.0 Å². The number of benzene rings is 3. The number of aryl methyl sites for hydroxylation is 1. The number of amides is 1. The van der Waals surface area contributed by atoms with Gasteiger partial charge in [-0.25, -0.2) is 0 Å². The number of hydrogen-bond acceptors (Lipinski definition) is 4. The van der Waals surface area contributed by atoms with Crippen molar-refractivity contribution in [3.8, 4) is 11.5 Å². The van der Waals surface area contributed by atoms with Crippen molar-refractivity contribution in [1.82, 2.24) is 10.2 Å². The third-order valence-electron chi connectivity index (χ3n) is 6.91. The van der Waals surface area contributed by atoms with E-state index in [1.165, 1.54) is 0 Å². The summed E-state index contributed by atoms with van der Waals surface area (Å²) in [5, 5.41) is 5.04. The van der Waals surface area contributed by atoms with E-state index in [2.05, 4.69) is 5.32 Å². The smallest absolute Gasteiger partial charge is 0.251 e. The number of hydrogen-bond donors (Lipinski definition) is 1. The lowest BCUT2D eigenvalue weighted by molar-refractivity contribution is -0.128. The Bertz CT molecular complexity index is 1350. The highest BCUT2D eigenvalue weighted by atomic mass is 35.5. The third kappa shape index (κ3) is 7.09. The highest BCUT2D eigenvalue weighted by Crippen LogP contribution is 2.35. The van der Waals surface area contributed by atoms with Crippen LogP contribution in [0.3, 0.4) is 0 Å². The van der Waals surface area contributed by atoms with Gasteiger partial charge < -0.3 is 19.7 Å². The molecule has 5 rings (SSSR count). The maximum atomic E-state index is 13.8. The van der Waals surface area contributed by atoms with E-state index in [0.717, 1.165) is 59.4 Å². The van der Waals surface area contributed by atoms with Crippen LogP contribution in [-0.4, -0.2) is 43.2 Å². The predicted molar refractivity (Wildman–Crippen MR) is 158 cm³/mol. The second kappa shape index (κ2) is 12.6. The Labute approximate surface area is 244 Å². The first-order valence-electron chi connectivity index (χ1n) is 13.2. The Kier molecular flexibility index (Phi) is 9.03. The molecule has 0 bridgehead atoms. The molecule has 0 aromatic heterocycles. The molecule has 3 aromatic carbocycles. The van der Waals surface area contributed by atoms with Gasteiger partial charge in [-0.2, -0.15) is 0 Å². The molecule has 0 atom stereocenters. The standard InChI is InChI=1S/C31H31Cl3N2O3/c1-20-15-28(33)30(29(34)16-20)39-14-13-38-25-9-5-22(6-10-25)26-11-12-35-18-27(26)31(37)36(24-7-8-24)19-21-3-2-4-23(32)17-21/h2-6,9-10,15-17,24,35H,7-8,11-14,18-19H2,1H3. The number of rotatable bonds is 10. The SMILES string of the molecule is Cc1cc(Cl)c(OCCOc2ccc(C3=C(C(=O)N(Cc4cccc(Cl)c4)C4CC4)CNCC3)cc2)c(Cl)c1. The van der Waals surface area contributed by atoms with Gasteiger partial charge in [0.2, 0.25) is 0 Å². The maximum Gasteiger partial charge on any atom is 0.251 e. The monoisotopic (exact) mass is 584 g/mol. The summed E-state index contributed by atoms with van der Waals surface area (Å²) >= 11 is 18.7. The van der Waals surface area contributed by atoms with E-state index in [1.807, 2.05) is 72.5 Å². The number of carbonyl (C=O) groups excluding carboxylic acids is 1. The predicted octanol–water partition coefficient (Wildman–Crippen LogP) is 7.35. The quantitative estimate of drug-likeness (QED) is 0.253. The second-order valence-electron chi connectivity index (χ2n) is 9.96. The summed E-state index contributed by atoms with van der Waals surface area (Å²) in [5.41, 5.74) is 4.99. The molecule has 39 heavy (non-hydrogen) atoms. The lowest BCUT2D eigenvalue weighted by atomic mass is 9.93. The van der Waals surface area contributed by atoms with Crippen molar-refractivity contribution in [2.45, 2.75) is 38.8 Å². The zero-order chi connectivity index (χ0) is 27.4. The molecule has 1 fully saturated rings. The Balaban J connectivity index is 1.25. The maximum absolute atomic E-state index is 13.8. The van der Waals surface area contributed by atoms with E-state index in [4.69, 9.17) is 44.3 Å². The summed E-state index contributed by atoms with van der Waals surface area (Å²) in [7, 11) is 0. The minimum absolute atomic E-state index is 0.102. The molecular formula is C31H31Cl3N2O3. The van der Waals surface area contributed by atoms with E-state index in [1.54, 1.807) is 0 Å². The van der Waals surface area contributed by atoms with Gasteiger partial charge in [0.05, 0.1) is 10.0 Å². The van der Waals surface area contributed by atoms with E-state index in [0.29, 0.717) is 47.1 Å². The fraction of sp³-hybridized carbons (Fsp3) is 0.323. The molecule has 1 N–H and O–H groups in total. The molecule has 0 spiro atoms. The van der Waals surface area contributed by atoms with Gasteiger partial charge in [0.15, 0.2) is 5.75 Å². The molecule has 1 amide bonds. The molecule has 0 saturated heterocycles. The number of carbonyl (C=O) groups is 1. The summed E-state index contributed by atoms with van der Waals surface area (Å²) < 4.78 is 11.6. The number of ether oxygens (including phenoxy) is 2. The second-order valence-corrected chi connectivity index (χ2v) is 11.2. The van der Waals surface area contributed by atoms with E-state index in [-0.39, 0.29) is 11.9 Å². The molecule has 8 heteroatoms. The summed E-state index contributed by atoms with van der Waals surface area (Å²) in [6, 6.07) is 19.6. The number of nitrogens with zero attached hydrogens (tertiary/aromatic N) is 1. The third-order valence-corrected chi connectivity index (χ3v) is 7.71. The highest BCUT2D eigenvalue weighted by molar-refractivity contribution is 6.37. The van der Waals surface area contributed by atoms with Crippen LogP contribution >= 0.6 is 34.8 Å². The molecule has 1 aliphatic carbocycles. The number of nitrogens with one attached hydrogen (secondary N) is 1. The van der Waals surface area contributed by atoms with Crippen LogP contribution < -0.4 is 14.8 Å². The molecule has 2 aliphatic rings. The van der Waals surface area contributed by atoms with Crippen molar-refractivity contribution in [3.05, 3.63) is 98.0 Å². The fourth-order valence-corrected chi connectivity index (χ4v) is 5.76. The highest BCUT2D eigenvalue weighted by Gasteiger charge is 2.35. The zero-order valence-corrected chi connectivity index (χ0v) is 24.1. The normalized spacial score (nSPS) is 15.3. The Morgan fingerprint density at radius 1 is 0.974 bits per heavy atom. The van der Waals surface area contributed by atoms with Crippen molar-refractivity contribution in [3.63, 3.8) is 0 Å². The minimum Gasteiger partial charge on any atom is -0.490 e. The van der Waals surface area contributed by atoms with Crippen LogP contribution in [0.2, 0.25) is 15.1 Å². The molecule has 0 radical (unpaired) electrons. The molecule has 204 valence electrons. The Morgan fingerprint density at radius 3 is 2.38 bits per heavy atom. The van der Waals surface area contributed by atoms with Gasteiger partial charge in [-0.15, -0.1) is 0 Å². The first-order valence-corrected chi connectivity index (χ1v) is 14.3. The zero-order valence-electron chi connectivity index (χ0n) is 21.8. The minimum atomic E-state index is 0.102. The fourth-order valence-electron chi connectivity index (χ4n) is 4.85. The molecule has 5 nitrogen and oxygen atoms in total. The summed E-state index contributed by atoms with van der Waals surface area (Å²) in [6.45, 7) is 4.54. The Hall–Kier alpha value is -2.70. The van der Waals surface area contributed by atoms with Gasteiger partial charge in [-0.1, -0.05) is 59.1 Å². The van der Waals surface area contributed by atoms with Crippen LogP contribution in [0.15, 0.2) is 66.2 Å². The lowest BCUT2D eigenvalue weighted by Crippen LogP contribution is -2.39. The van der Waals surface area contributed by atoms with Crippen molar-refractivity contribution in [2.75, 3.05) is 26.3 Å². The van der Waals surface area contributed by atoms with Crippen molar-refractivity contribution in [2.24, 2.45) is 0 Å². The first kappa shape index (κ1) is 27.9. The van der Waals surface area contributed by atoms with E-state index < -0.39 is 0 Å². The Morgan fingerprint density at radius 2 is 1.69 bits per heavy atom. The summed E-state index contributed by atoms with van der Waals surface area (Å²) in [5.74, 6) is 1.30. The van der Waals surface area contributed by atoms with Crippen LogP contribution in [0, 0.1) is 6.92 Å². The van der Waals surface area contributed by atoms with Crippen LogP contribution in [0.4, 0.5) is 0 Å². The average Bonchev–Trinajstić information content (AvgIpc) is 3.76. The first-order chi connectivity index (χ1) is 18.9. The number of halogens is 3. The lowest BCUT2D eigenvalue weighted by Gasteiger charge is -2.28. The molecule has 1 heterocycles. The van der Waals surface area contributed by atoms with Crippen LogP contribution in [-0.2, 0) is 11.3 Å². The summed E-state index contributed by atoms with van der Waals surface area (Å²) in [6.07, 6.45) is 2.88. The van der Waals surface area contributed by atoms with Crippen LogP contribution in [0.25, 0.3) is 5.57 Å². The molecule has 3 aromatic rings.